The van der Waals surface area contributed by atoms with Crippen molar-refractivity contribution in [1.82, 2.24) is 9.29 Å². The number of rotatable bonds is 8. The molecule has 0 radical (unpaired) electrons. The highest BCUT2D eigenvalue weighted by molar-refractivity contribution is 7.98. The lowest BCUT2D eigenvalue weighted by Crippen LogP contribution is -2.38. The topological polar surface area (TPSA) is 106 Å². The van der Waals surface area contributed by atoms with Crippen LogP contribution in [0.4, 0.5) is 5.69 Å². The number of anilines is 1. The smallest absolute Gasteiger partial charge is 0.341 e. The maximum Gasteiger partial charge on any atom is 0.341 e. The van der Waals surface area contributed by atoms with Gasteiger partial charge in [-0.2, -0.15) is 4.31 Å². The van der Waals surface area contributed by atoms with Gasteiger partial charge in [-0.1, -0.05) is 31.4 Å². The quantitative estimate of drug-likeness (QED) is 0.458. The number of sulfonamides is 1. The number of aromatic nitrogens is 1. The predicted molar refractivity (Wildman–Crippen MR) is 123 cm³/mol. The lowest BCUT2D eigenvalue weighted by Gasteiger charge is -2.30. The number of thioether (sulfide) groups is 1. The Morgan fingerprint density at radius 3 is 2.59 bits per heavy atom. The molecule has 0 atom stereocenters. The first-order chi connectivity index (χ1) is 15.3. The molecule has 32 heavy (non-hydrogen) atoms. The van der Waals surface area contributed by atoms with Crippen LogP contribution >= 0.6 is 11.8 Å². The molecule has 1 aromatic carbocycles. The molecule has 3 rings (SSSR count). The van der Waals surface area contributed by atoms with Gasteiger partial charge in [-0.3, -0.25) is 4.79 Å². The van der Waals surface area contributed by atoms with Gasteiger partial charge in [0.15, 0.2) is 6.61 Å². The van der Waals surface area contributed by atoms with Crippen LogP contribution < -0.4 is 5.32 Å². The molecule has 1 saturated carbocycles. The molecular weight excluding hydrogens is 450 g/mol. The molecule has 0 spiro atoms. The number of carbonyl (C=O) groups is 2. The van der Waals surface area contributed by atoms with Crippen LogP contribution in [-0.2, 0) is 19.6 Å². The molecule has 1 aliphatic rings. The summed E-state index contributed by atoms with van der Waals surface area (Å²) >= 11 is 1.30. The molecule has 1 heterocycles. The van der Waals surface area contributed by atoms with Crippen LogP contribution in [0.3, 0.4) is 0 Å². The zero-order chi connectivity index (χ0) is 23.1. The first-order valence-electron chi connectivity index (χ1n) is 10.4. The second-order valence-electron chi connectivity index (χ2n) is 7.49. The van der Waals surface area contributed by atoms with Crippen molar-refractivity contribution in [2.75, 3.05) is 25.2 Å². The van der Waals surface area contributed by atoms with Crippen molar-refractivity contribution in [2.45, 2.75) is 48.1 Å². The highest BCUT2D eigenvalue weighted by Crippen LogP contribution is 2.29. The number of para-hydroxylation sites is 1. The number of esters is 1. The number of nitrogens with one attached hydrogen (secondary N) is 1. The Balaban J connectivity index is 1.69. The van der Waals surface area contributed by atoms with E-state index < -0.39 is 28.5 Å². The van der Waals surface area contributed by atoms with Crippen molar-refractivity contribution in [2.24, 2.45) is 0 Å². The zero-order valence-electron chi connectivity index (χ0n) is 18.1. The number of benzene rings is 1. The fraction of sp³-hybridized carbons (Fsp3) is 0.409. The van der Waals surface area contributed by atoms with Crippen LogP contribution in [0.1, 0.15) is 42.5 Å². The molecule has 1 amide bonds. The summed E-state index contributed by atoms with van der Waals surface area (Å²) in [7, 11) is -2.21. The van der Waals surface area contributed by atoms with Gasteiger partial charge >= 0.3 is 5.97 Å². The van der Waals surface area contributed by atoms with Crippen LogP contribution in [0.2, 0.25) is 0 Å². The molecule has 8 nitrogen and oxygen atoms in total. The van der Waals surface area contributed by atoms with Crippen molar-refractivity contribution in [3.8, 4) is 0 Å². The van der Waals surface area contributed by atoms with E-state index in [2.05, 4.69) is 10.3 Å². The number of hydrogen-bond acceptors (Lipinski definition) is 7. The maximum absolute atomic E-state index is 13.2. The molecule has 0 aliphatic heterocycles. The molecule has 1 aliphatic carbocycles. The second-order valence-corrected chi connectivity index (χ2v) is 10.3. The van der Waals surface area contributed by atoms with Crippen LogP contribution in [0.5, 0.6) is 0 Å². The molecule has 0 saturated heterocycles. The number of carbonyl (C=O) groups excluding carboxylic acids is 2. The van der Waals surface area contributed by atoms with Crippen molar-refractivity contribution in [3.63, 3.8) is 0 Å². The Kier molecular flexibility index (Phi) is 8.27. The molecule has 172 valence electrons. The minimum Gasteiger partial charge on any atom is -0.452 e. The third-order valence-corrected chi connectivity index (χ3v) is 8.11. The van der Waals surface area contributed by atoms with Gasteiger partial charge in [0.25, 0.3) is 5.91 Å². The molecule has 1 N–H and O–H groups in total. The van der Waals surface area contributed by atoms with E-state index in [-0.39, 0.29) is 22.2 Å². The molecule has 10 heteroatoms. The van der Waals surface area contributed by atoms with Gasteiger partial charge in [0.1, 0.15) is 9.92 Å². The van der Waals surface area contributed by atoms with E-state index in [1.165, 1.54) is 28.2 Å². The van der Waals surface area contributed by atoms with Gasteiger partial charge in [0.2, 0.25) is 10.0 Å². The summed E-state index contributed by atoms with van der Waals surface area (Å²) in [5, 5.41) is 3.07. The summed E-state index contributed by atoms with van der Waals surface area (Å²) in [6, 6.07) is 9.38. The van der Waals surface area contributed by atoms with Crippen molar-refractivity contribution < 1.29 is 22.7 Å². The molecule has 2 aromatic rings. The summed E-state index contributed by atoms with van der Waals surface area (Å²) in [6.45, 7) is -0.547. The second kappa shape index (κ2) is 10.9. The molecule has 1 aromatic heterocycles. The summed E-state index contributed by atoms with van der Waals surface area (Å²) in [5.41, 5.74) is 0.423. The average molecular weight is 478 g/mol. The highest BCUT2D eigenvalue weighted by Gasteiger charge is 2.31. The fourth-order valence-corrected chi connectivity index (χ4v) is 5.79. The van der Waals surface area contributed by atoms with Crippen LogP contribution in [0.25, 0.3) is 0 Å². The summed E-state index contributed by atoms with van der Waals surface area (Å²) in [5.74, 6) is -1.30. The number of amides is 1. The fourth-order valence-electron chi connectivity index (χ4n) is 3.69. The van der Waals surface area contributed by atoms with Crippen LogP contribution in [0.15, 0.2) is 52.5 Å². The largest absolute Gasteiger partial charge is 0.452 e. The monoisotopic (exact) mass is 477 g/mol. The zero-order valence-corrected chi connectivity index (χ0v) is 19.7. The lowest BCUT2D eigenvalue weighted by molar-refractivity contribution is -0.119. The predicted octanol–water partition coefficient (Wildman–Crippen LogP) is 3.55. The van der Waals surface area contributed by atoms with Crippen LogP contribution in [-0.4, -0.2) is 55.5 Å². The molecule has 1 fully saturated rings. The number of nitrogens with zero attached hydrogens (tertiary/aromatic N) is 2. The van der Waals surface area contributed by atoms with Gasteiger partial charge in [-0.15, -0.1) is 11.8 Å². The van der Waals surface area contributed by atoms with Gasteiger partial charge in [0.05, 0.1) is 11.3 Å². The van der Waals surface area contributed by atoms with E-state index in [0.29, 0.717) is 5.03 Å². The van der Waals surface area contributed by atoms with E-state index in [1.807, 2.05) is 0 Å². The minimum absolute atomic E-state index is 0.0182. The average Bonchev–Trinajstić information content (AvgIpc) is 2.82. The first-order valence-corrected chi connectivity index (χ1v) is 13.0. The van der Waals surface area contributed by atoms with Gasteiger partial charge in [-0.05, 0) is 43.4 Å². The Bertz CT molecular complexity index is 1070. The number of hydrogen-bond donors (Lipinski definition) is 1. The van der Waals surface area contributed by atoms with E-state index in [4.69, 9.17) is 4.74 Å². The first kappa shape index (κ1) is 24.2. The third kappa shape index (κ3) is 5.67. The highest BCUT2D eigenvalue weighted by atomic mass is 32.2. The van der Waals surface area contributed by atoms with Gasteiger partial charge in [-0.25, -0.2) is 18.2 Å². The Morgan fingerprint density at radius 2 is 1.88 bits per heavy atom. The summed E-state index contributed by atoms with van der Waals surface area (Å²) in [6.07, 6.45) is 8.13. The third-order valence-electron chi connectivity index (χ3n) is 5.43. The number of ether oxygens (including phenoxy) is 1. The van der Waals surface area contributed by atoms with Gasteiger partial charge < -0.3 is 10.1 Å². The van der Waals surface area contributed by atoms with E-state index in [9.17, 15) is 18.0 Å². The summed E-state index contributed by atoms with van der Waals surface area (Å²) < 4.78 is 33.0. The number of pyridine rings is 1. The molecular formula is C22H27N3O5S2. The van der Waals surface area contributed by atoms with E-state index in [1.54, 1.807) is 43.8 Å². The molecule has 0 unspecified atom stereocenters. The standard InChI is InChI=1S/C22H27N3O5S2/c1-25(16-9-4-3-5-10-16)32(28,29)19-13-7-6-12-18(19)24-20(26)15-30-22(27)17-11-8-14-23-21(17)31-2/h6-8,11-14,16H,3-5,9-10,15H2,1-2H3,(H,24,26). The SMILES string of the molecule is CSc1ncccc1C(=O)OCC(=O)Nc1ccccc1S(=O)(=O)N(C)C1CCCCC1. The lowest BCUT2D eigenvalue weighted by atomic mass is 9.96. The van der Waals surface area contributed by atoms with Gasteiger partial charge in [0, 0.05) is 19.3 Å². The minimum atomic E-state index is -3.80. The van der Waals surface area contributed by atoms with E-state index in [0.717, 1.165) is 32.1 Å². The Labute approximate surface area is 192 Å². The van der Waals surface area contributed by atoms with Crippen molar-refractivity contribution in [1.29, 1.82) is 0 Å². The summed E-state index contributed by atoms with van der Waals surface area (Å²) in [4.78, 5) is 28.9. The molecule has 0 bridgehead atoms. The Hall–Kier alpha value is -2.43. The maximum atomic E-state index is 13.2. The van der Waals surface area contributed by atoms with Crippen molar-refractivity contribution >= 4 is 39.3 Å². The Morgan fingerprint density at radius 1 is 1.16 bits per heavy atom. The van der Waals surface area contributed by atoms with E-state index >= 15 is 0 Å². The van der Waals surface area contributed by atoms with Crippen molar-refractivity contribution in [3.05, 3.63) is 48.2 Å². The van der Waals surface area contributed by atoms with Crippen LogP contribution in [0, 0.1) is 0 Å². The normalized spacial score (nSPS) is 14.8.